The summed E-state index contributed by atoms with van der Waals surface area (Å²) in [7, 11) is 0. The number of carboxylic acids is 2. The Kier molecular flexibility index (Phi) is 1.50. The van der Waals surface area contributed by atoms with E-state index in [-0.39, 0.29) is 11.7 Å². The molecule has 0 aliphatic carbocycles. The number of aliphatic carboxylic acids is 2. The summed E-state index contributed by atoms with van der Waals surface area (Å²) < 4.78 is 0. The Balaban J connectivity index is 2.35. The highest BCUT2D eigenvalue weighted by molar-refractivity contribution is 6.61. The molecule has 70 valence electrons. The molecule has 14 heavy (non-hydrogen) atoms. The second kappa shape index (κ2) is 2.55. The van der Waals surface area contributed by atoms with Crippen molar-refractivity contribution >= 4 is 35.3 Å². The van der Waals surface area contributed by atoms with E-state index >= 15 is 0 Å². The van der Waals surface area contributed by atoms with Gasteiger partial charge in [0.25, 0.3) is 0 Å². The van der Waals surface area contributed by atoms with E-state index in [9.17, 15) is 9.59 Å². The molecule has 2 heterocycles. The maximum atomic E-state index is 10.4. The molecule has 0 amide bonds. The summed E-state index contributed by atoms with van der Waals surface area (Å²) in [4.78, 5) is 34.7. The van der Waals surface area contributed by atoms with Crippen LogP contribution in [-0.4, -0.2) is 45.5 Å². The lowest BCUT2D eigenvalue weighted by atomic mass is 10.6. The number of carbonyl (C=O) groups is 2. The van der Waals surface area contributed by atoms with Crippen LogP contribution >= 0.6 is 0 Å². The Labute approximate surface area is 76.0 Å². The Bertz CT molecular complexity index is 426. The molecule has 0 aromatic rings. The van der Waals surface area contributed by atoms with Crippen molar-refractivity contribution in [3.63, 3.8) is 0 Å². The molecule has 0 saturated heterocycles. The molecule has 2 N–H and O–H groups in total. The first-order valence-corrected chi connectivity index (χ1v) is 3.39. The van der Waals surface area contributed by atoms with Gasteiger partial charge in [0.1, 0.15) is 0 Å². The van der Waals surface area contributed by atoms with Crippen molar-refractivity contribution in [2.75, 3.05) is 0 Å². The number of aliphatic imine (C=N–C) groups is 4. The summed E-state index contributed by atoms with van der Waals surface area (Å²) in [5, 5.41) is 17.0. The molecule has 0 fully saturated rings. The molecule has 0 radical (unpaired) electrons. The average Bonchev–Trinajstić information content (AvgIpc) is 2.57. The zero-order valence-electron chi connectivity index (χ0n) is 6.50. The van der Waals surface area contributed by atoms with E-state index in [4.69, 9.17) is 10.2 Å². The molecular weight excluding hydrogens is 192 g/mol. The molecule has 2 aliphatic rings. The minimum Gasteiger partial charge on any atom is -0.475 e. The van der Waals surface area contributed by atoms with Gasteiger partial charge in [-0.2, -0.15) is 20.0 Å². The standard InChI is InChI=1S/C6H2N4O4/c11-5(12)3-7-1-2(9-3)10-4(8-1)6(13)14/h(H,11,12)(H,13,14). The smallest absolute Gasteiger partial charge is 0.374 e. The molecule has 0 spiro atoms. The highest BCUT2D eigenvalue weighted by atomic mass is 16.4. The lowest BCUT2D eigenvalue weighted by molar-refractivity contribution is -0.130. The van der Waals surface area contributed by atoms with E-state index in [0.29, 0.717) is 0 Å². The fourth-order valence-corrected chi connectivity index (χ4v) is 0.893. The first-order valence-electron chi connectivity index (χ1n) is 3.39. The van der Waals surface area contributed by atoms with Crippen molar-refractivity contribution in [1.82, 2.24) is 0 Å². The summed E-state index contributed by atoms with van der Waals surface area (Å²) in [6.07, 6.45) is 0. The number of fused-ring (bicyclic) bond motifs is 1. The molecule has 2 aliphatic heterocycles. The Morgan fingerprint density at radius 3 is 1.43 bits per heavy atom. The van der Waals surface area contributed by atoms with Crippen LogP contribution in [0.4, 0.5) is 0 Å². The average molecular weight is 194 g/mol. The van der Waals surface area contributed by atoms with Gasteiger partial charge in [-0.05, 0) is 0 Å². The molecule has 2 rings (SSSR count). The number of hydrogen-bond acceptors (Lipinski definition) is 6. The van der Waals surface area contributed by atoms with E-state index in [1.165, 1.54) is 0 Å². The first-order chi connectivity index (χ1) is 6.58. The predicted octanol–water partition coefficient (Wildman–Crippen LogP) is -1.22. The highest BCUT2D eigenvalue weighted by Crippen LogP contribution is 2.09. The second-order valence-electron chi connectivity index (χ2n) is 2.35. The van der Waals surface area contributed by atoms with Gasteiger partial charge in [0, 0.05) is 0 Å². The molecule has 8 heteroatoms. The molecule has 0 atom stereocenters. The van der Waals surface area contributed by atoms with Gasteiger partial charge in [-0.3, -0.25) is 0 Å². The second-order valence-corrected chi connectivity index (χ2v) is 2.35. The molecule has 0 bridgehead atoms. The zero-order chi connectivity index (χ0) is 10.3. The van der Waals surface area contributed by atoms with Crippen LogP contribution in [-0.2, 0) is 9.59 Å². The third-order valence-corrected chi connectivity index (χ3v) is 1.43. The van der Waals surface area contributed by atoms with E-state index < -0.39 is 23.6 Å². The van der Waals surface area contributed by atoms with Gasteiger partial charge in [-0.25, -0.2) is 9.59 Å². The maximum absolute atomic E-state index is 10.4. The number of amidine groups is 4. The lowest BCUT2D eigenvalue weighted by Crippen LogP contribution is -2.10. The van der Waals surface area contributed by atoms with Gasteiger partial charge in [-0.1, -0.05) is 0 Å². The van der Waals surface area contributed by atoms with Crippen molar-refractivity contribution in [1.29, 1.82) is 0 Å². The van der Waals surface area contributed by atoms with Gasteiger partial charge in [0.05, 0.1) is 0 Å². The molecule has 0 aromatic carbocycles. The van der Waals surface area contributed by atoms with Crippen LogP contribution in [0.2, 0.25) is 0 Å². The van der Waals surface area contributed by atoms with Crippen LogP contribution in [0.15, 0.2) is 20.0 Å². The number of hydrogen-bond donors (Lipinski definition) is 2. The summed E-state index contributed by atoms with van der Waals surface area (Å²) in [5.41, 5.74) is 0. The molecular formula is C6H2N4O4. The normalized spacial score (nSPS) is 18.0. The lowest BCUT2D eigenvalue weighted by Gasteiger charge is -1.85. The molecule has 8 nitrogen and oxygen atoms in total. The van der Waals surface area contributed by atoms with Crippen LogP contribution in [0.3, 0.4) is 0 Å². The minimum absolute atomic E-state index is 0.0696. The predicted molar refractivity (Wildman–Crippen MR) is 45.0 cm³/mol. The Morgan fingerprint density at radius 2 is 1.14 bits per heavy atom. The number of carboxylic acid groups (broad SMARTS) is 2. The third-order valence-electron chi connectivity index (χ3n) is 1.43. The van der Waals surface area contributed by atoms with E-state index in [1.54, 1.807) is 0 Å². The van der Waals surface area contributed by atoms with Crippen LogP contribution < -0.4 is 0 Å². The molecule has 0 aromatic heterocycles. The van der Waals surface area contributed by atoms with Gasteiger partial charge in [0.2, 0.25) is 23.3 Å². The van der Waals surface area contributed by atoms with Gasteiger partial charge >= 0.3 is 11.9 Å². The third kappa shape index (κ3) is 1.09. The van der Waals surface area contributed by atoms with Gasteiger partial charge in [-0.15, -0.1) is 0 Å². The van der Waals surface area contributed by atoms with Crippen molar-refractivity contribution in [2.45, 2.75) is 0 Å². The SMILES string of the molecule is O=C(O)C1=NC2=NC(C(=O)O)=NC2=N1. The number of rotatable bonds is 2. The number of nitrogens with zero attached hydrogens (tertiary/aromatic N) is 4. The zero-order valence-corrected chi connectivity index (χ0v) is 6.50. The van der Waals surface area contributed by atoms with Gasteiger partial charge < -0.3 is 10.2 Å². The van der Waals surface area contributed by atoms with Crippen molar-refractivity contribution < 1.29 is 19.8 Å². The molecule has 0 unspecified atom stereocenters. The Morgan fingerprint density at radius 1 is 0.786 bits per heavy atom. The summed E-state index contributed by atoms with van der Waals surface area (Å²) in [6, 6.07) is 0. The monoisotopic (exact) mass is 194 g/mol. The van der Waals surface area contributed by atoms with E-state index in [1.807, 2.05) is 0 Å². The highest BCUT2D eigenvalue weighted by Gasteiger charge is 2.29. The van der Waals surface area contributed by atoms with Crippen molar-refractivity contribution in [2.24, 2.45) is 20.0 Å². The Hall–Kier alpha value is -2.38. The fraction of sp³-hybridized carbons (Fsp3) is 0. The van der Waals surface area contributed by atoms with Crippen LogP contribution in [0.5, 0.6) is 0 Å². The maximum Gasteiger partial charge on any atom is 0.374 e. The van der Waals surface area contributed by atoms with E-state index in [0.717, 1.165) is 0 Å². The largest absolute Gasteiger partial charge is 0.475 e. The topological polar surface area (TPSA) is 124 Å². The van der Waals surface area contributed by atoms with Crippen LogP contribution in [0.1, 0.15) is 0 Å². The van der Waals surface area contributed by atoms with Gasteiger partial charge in [0.15, 0.2) is 0 Å². The van der Waals surface area contributed by atoms with Crippen LogP contribution in [0.25, 0.3) is 0 Å². The van der Waals surface area contributed by atoms with Crippen molar-refractivity contribution in [3.05, 3.63) is 0 Å². The van der Waals surface area contributed by atoms with Crippen LogP contribution in [0, 0.1) is 0 Å². The summed E-state index contributed by atoms with van der Waals surface area (Å²) in [5.74, 6) is -3.62. The summed E-state index contributed by atoms with van der Waals surface area (Å²) >= 11 is 0. The first kappa shape index (κ1) is 8.23. The van der Waals surface area contributed by atoms with Crippen molar-refractivity contribution in [3.8, 4) is 0 Å². The van der Waals surface area contributed by atoms with E-state index in [2.05, 4.69) is 20.0 Å². The quantitative estimate of drug-likeness (QED) is 0.571. The molecule has 0 saturated carbocycles. The summed E-state index contributed by atoms with van der Waals surface area (Å²) in [6.45, 7) is 0. The fourth-order valence-electron chi connectivity index (χ4n) is 0.893. The minimum atomic E-state index is -1.30.